The molecule has 0 aromatic carbocycles. The van der Waals surface area contributed by atoms with E-state index in [0.717, 1.165) is 48.7 Å². The molecule has 1 fully saturated rings. The van der Waals surface area contributed by atoms with Crippen molar-refractivity contribution in [2.24, 2.45) is 23.5 Å². The van der Waals surface area contributed by atoms with E-state index in [0.29, 0.717) is 30.5 Å². The summed E-state index contributed by atoms with van der Waals surface area (Å²) in [5.41, 5.74) is 16.9. The van der Waals surface area contributed by atoms with Crippen molar-refractivity contribution in [1.29, 1.82) is 0 Å². The van der Waals surface area contributed by atoms with E-state index in [-0.39, 0.29) is 0 Å². The van der Waals surface area contributed by atoms with Gasteiger partial charge in [0, 0.05) is 43.8 Å². The van der Waals surface area contributed by atoms with Gasteiger partial charge in [-0.25, -0.2) is 0 Å². The second kappa shape index (κ2) is 5.42. The minimum atomic E-state index is 0.379. The Hall–Kier alpha value is -2.28. The van der Waals surface area contributed by atoms with E-state index in [9.17, 15) is 0 Å². The molecule has 122 valence electrons. The summed E-state index contributed by atoms with van der Waals surface area (Å²) in [6.07, 6.45) is 5.86. The van der Waals surface area contributed by atoms with Crippen molar-refractivity contribution in [2.75, 3.05) is 19.8 Å². The number of ether oxygens (including phenoxy) is 1. The Bertz CT molecular complexity index is 723. The molecule has 1 aromatic heterocycles. The topological polar surface area (TPSA) is 94.7 Å². The van der Waals surface area contributed by atoms with Crippen LogP contribution in [0, 0.1) is 0 Å². The number of nitrogens with zero attached hydrogens (tertiary/aromatic N) is 4. The second-order valence-corrected chi connectivity index (χ2v) is 6.25. The average Bonchev–Trinajstić information content (AvgIpc) is 2.88. The SMILES string of the molecule is Cn1cc2c(n1)CN(C1CCOCC1)C1=NCC=C(N)C1=C2N. The summed E-state index contributed by atoms with van der Waals surface area (Å²) in [5, 5.41) is 4.60. The molecule has 7 nitrogen and oxygen atoms in total. The van der Waals surface area contributed by atoms with Gasteiger partial charge in [0.25, 0.3) is 0 Å². The van der Waals surface area contributed by atoms with Crippen LogP contribution in [0.2, 0.25) is 0 Å². The summed E-state index contributed by atoms with van der Waals surface area (Å²) in [7, 11) is 1.92. The number of dihydropyridines is 1. The van der Waals surface area contributed by atoms with Crippen LogP contribution in [0.5, 0.6) is 0 Å². The first kappa shape index (κ1) is 14.3. The molecule has 4 rings (SSSR count). The Kier molecular flexibility index (Phi) is 3.37. The highest BCUT2D eigenvalue weighted by Crippen LogP contribution is 2.32. The van der Waals surface area contributed by atoms with Gasteiger partial charge < -0.3 is 21.1 Å². The quantitative estimate of drug-likeness (QED) is 0.779. The number of aliphatic imine (C=N–C) groups is 1. The van der Waals surface area contributed by atoms with Crippen LogP contribution >= 0.6 is 0 Å². The van der Waals surface area contributed by atoms with E-state index in [1.54, 1.807) is 0 Å². The van der Waals surface area contributed by atoms with Crippen LogP contribution < -0.4 is 11.5 Å². The molecule has 23 heavy (non-hydrogen) atoms. The van der Waals surface area contributed by atoms with Crippen LogP contribution in [0.15, 0.2) is 28.5 Å². The van der Waals surface area contributed by atoms with Gasteiger partial charge in [0.15, 0.2) is 0 Å². The molecule has 4 N–H and O–H groups in total. The van der Waals surface area contributed by atoms with Crippen LogP contribution in [-0.2, 0) is 18.3 Å². The Morgan fingerprint density at radius 3 is 2.83 bits per heavy atom. The van der Waals surface area contributed by atoms with Crippen molar-refractivity contribution in [3.05, 3.63) is 34.8 Å². The minimum Gasteiger partial charge on any atom is -0.398 e. The molecule has 1 aromatic rings. The van der Waals surface area contributed by atoms with Gasteiger partial charge in [-0.2, -0.15) is 5.10 Å². The van der Waals surface area contributed by atoms with Gasteiger partial charge in [0.1, 0.15) is 5.84 Å². The lowest BCUT2D eigenvalue weighted by molar-refractivity contribution is 0.0533. The number of nitrogens with two attached hydrogens (primary N) is 2. The number of fused-ring (bicyclic) bond motifs is 2. The third-order valence-electron chi connectivity index (χ3n) is 4.75. The molecule has 0 atom stereocenters. The van der Waals surface area contributed by atoms with E-state index in [1.807, 2.05) is 24.0 Å². The van der Waals surface area contributed by atoms with Gasteiger partial charge in [-0.05, 0) is 18.9 Å². The molecule has 0 saturated carbocycles. The molecule has 0 bridgehead atoms. The van der Waals surface area contributed by atoms with Crippen molar-refractivity contribution in [3.63, 3.8) is 0 Å². The molecule has 3 aliphatic rings. The van der Waals surface area contributed by atoms with Gasteiger partial charge in [0.05, 0.1) is 30.1 Å². The van der Waals surface area contributed by atoms with Gasteiger partial charge >= 0.3 is 0 Å². The molecule has 7 heteroatoms. The van der Waals surface area contributed by atoms with Crippen molar-refractivity contribution in [2.45, 2.75) is 25.4 Å². The molecule has 1 saturated heterocycles. The monoisotopic (exact) mass is 314 g/mol. The van der Waals surface area contributed by atoms with Crippen LogP contribution in [0.1, 0.15) is 24.1 Å². The smallest absolute Gasteiger partial charge is 0.136 e. The van der Waals surface area contributed by atoms with Crippen LogP contribution in [-0.4, -0.2) is 46.3 Å². The highest BCUT2D eigenvalue weighted by molar-refractivity contribution is 6.09. The fraction of sp³-hybridized carbons (Fsp3) is 0.500. The lowest BCUT2D eigenvalue weighted by atomic mass is 10.0. The maximum atomic E-state index is 6.47. The predicted molar refractivity (Wildman–Crippen MR) is 88.3 cm³/mol. The molecular weight excluding hydrogens is 292 g/mol. The van der Waals surface area contributed by atoms with E-state index in [4.69, 9.17) is 21.2 Å². The number of hydrogen-bond acceptors (Lipinski definition) is 6. The van der Waals surface area contributed by atoms with Crippen molar-refractivity contribution in [1.82, 2.24) is 14.7 Å². The Balaban J connectivity index is 1.85. The predicted octanol–water partition coefficient (Wildman–Crippen LogP) is 0.339. The fourth-order valence-corrected chi connectivity index (χ4v) is 3.60. The number of amidine groups is 1. The minimum absolute atomic E-state index is 0.379. The first-order valence-corrected chi connectivity index (χ1v) is 8.03. The van der Waals surface area contributed by atoms with Crippen molar-refractivity contribution >= 4 is 11.5 Å². The summed E-state index contributed by atoms with van der Waals surface area (Å²) in [6, 6.07) is 0.379. The zero-order valence-corrected chi connectivity index (χ0v) is 13.3. The summed E-state index contributed by atoms with van der Waals surface area (Å²) in [6.45, 7) is 2.87. The zero-order valence-electron chi connectivity index (χ0n) is 13.3. The molecule has 0 amide bonds. The molecule has 4 heterocycles. The van der Waals surface area contributed by atoms with E-state index >= 15 is 0 Å². The summed E-state index contributed by atoms with van der Waals surface area (Å²) in [5.74, 6) is 0.912. The third kappa shape index (κ3) is 2.31. The molecule has 0 aliphatic carbocycles. The normalized spacial score (nSPS) is 22.2. The summed E-state index contributed by atoms with van der Waals surface area (Å²) >= 11 is 0. The van der Waals surface area contributed by atoms with Crippen molar-refractivity contribution in [3.8, 4) is 0 Å². The first-order valence-electron chi connectivity index (χ1n) is 8.03. The number of aryl methyl sites for hydroxylation is 1. The zero-order chi connectivity index (χ0) is 16.0. The highest BCUT2D eigenvalue weighted by atomic mass is 16.5. The number of hydrogen-bond donors (Lipinski definition) is 2. The van der Waals surface area contributed by atoms with Gasteiger partial charge in [0.2, 0.25) is 0 Å². The van der Waals surface area contributed by atoms with Crippen LogP contribution in [0.3, 0.4) is 0 Å². The second-order valence-electron chi connectivity index (χ2n) is 6.25. The van der Waals surface area contributed by atoms with Gasteiger partial charge in [-0.1, -0.05) is 0 Å². The van der Waals surface area contributed by atoms with Crippen molar-refractivity contribution < 1.29 is 4.74 Å². The number of aromatic nitrogens is 2. The Morgan fingerprint density at radius 2 is 2.04 bits per heavy atom. The first-order chi connectivity index (χ1) is 11.1. The summed E-state index contributed by atoms with van der Waals surface area (Å²) < 4.78 is 7.33. The maximum absolute atomic E-state index is 6.47. The molecule has 0 radical (unpaired) electrons. The standard InChI is InChI=1S/C16H22N6O/c1-21-8-11-13(20-21)9-22(10-3-6-23-7-4-10)16-14(15(11)18)12(17)2-5-19-16/h2,8,10H,3-7,9,17-18H2,1H3. The number of rotatable bonds is 1. The average molecular weight is 314 g/mol. The van der Waals surface area contributed by atoms with E-state index in [2.05, 4.69) is 10.00 Å². The molecular formula is C16H22N6O. The third-order valence-corrected chi connectivity index (χ3v) is 4.75. The van der Waals surface area contributed by atoms with E-state index < -0.39 is 0 Å². The molecule has 0 unspecified atom stereocenters. The van der Waals surface area contributed by atoms with Crippen LogP contribution in [0.4, 0.5) is 0 Å². The van der Waals surface area contributed by atoms with Gasteiger partial charge in [-0.3, -0.25) is 9.67 Å². The summed E-state index contributed by atoms with van der Waals surface area (Å²) in [4.78, 5) is 7.05. The lowest BCUT2D eigenvalue weighted by Gasteiger charge is -2.37. The Labute approximate surface area is 135 Å². The van der Waals surface area contributed by atoms with Gasteiger partial charge in [-0.15, -0.1) is 0 Å². The fourth-order valence-electron chi connectivity index (χ4n) is 3.60. The lowest BCUT2D eigenvalue weighted by Crippen LogP contribution is -2.44. The molecule has 3 aliphatic heterocycles. The maximum Gasteiger partial charge on any atom is 0.136 e. The molecule has 0 spiro atoms. The van der Waals surface area contributed by atoms with Crippen LogP contribution in [0.25, 0.3) is 5.70 Å². The highest BCUT2D eigenvalue weighted by Gasteiger charge is 2.34. The largest absolute Gasteiger partial charge is 0.398 e. The van der Waals surface area contributed by atoms with E-state index in [1.165, 1.54) is 0 Å². The Morgan fingerprint density at radius 1 is 1.26 bits per heavy atom.